The van der Waals surface area contributed by atoms with Crippen LogP contribution in [0.2, 0.25) is 5.02 Å². The highest BCUT2D eigenvalue weighted by Gasteiger charge is 2.18. The lowest BCUT2D eigenvalue weighted by molar-refractivity contribution is 0.223. The molecule has 0 bridgehead atoms. The van der Waals surface area contributed by atoms with Crippen molar-refractivity contribution in [2.45, 2.75) is 40.2 Å². The van der Waals surface area contributed by atoms with Crippen LogP contribution in [0.15, 0.2) is 24.3 Å². The van der Waals surface area contributed by atoms with E-state index in [1.807, 2.05) is 11.6 Å². The maximum atomic E-state index is 9.69. The Bertz CT molecular complexity index is 590. The molecule has 1 aromatic heterocycles. The molecule has 0 spiro atoms. The van der Waals surface area contributed by atoms with Crippen LogP contribution in [0, 0.1) is 19.8 Å². The SMILES string of the molecule is CCn1nc(C)c(Cl)c1CC(CO)Cc1ccc(C)cc1. The van der Waals surface area contributed by atoms with E-state index in [9.17, 15) is 5.11 Å². The van der Waals surface area contributed by atoms with E-state index < -0.39 is 0 Å². The van der Waals surface area contributed by atoms with Gasteiger partial charge < -0.3 is 5.11 Å². The summed E-state index contributed by atoms with van der Waals surface area (Å²) in [5, 5.41) is 14.9. The molecule has 21 heavy (non-hydrogen) atoms. The summed E-state index contributed by atoms with van der Waals surface area (Å²) in [6.07, 6.45) is 1.60. The summed E-state index contributed by atoms with van der Waals surface area (Å²) < 4.78 is 1.94. The summed E-state index contributed by atoms with van der Waals surface area (Å²) >= 11 is 6.35. The average molecular weight is 307 g/mol. The Morgan fingerprint density at radius 2 is 1.86 bits per heavy atom. The van der Waals surface area contributed by atoms with Crippen LogP contribution in [0.25, 0.3) is 0 Å². The van der Waals surface area contributed by atoms with E-state index in [0.29, 0.717) is 0 Å². The number of hydrogen-bond donors (Lipinski definition) is 1. The molecule has 1 N–H and O–H groups in total. The molecule has 0 fully saturated rings. The molecule has 0 saturated carbocycles. The second-order valence-corrected chi connectivity index (χ2v) is 5.98. The Morgan fingerprint density at radius 1 is 1.19 bits per heavy atom. The number of aromatic nitrogens is 2. The van der Waals surface area contributed by atoms with Gasteiger partial charge in [0, 0.05) is 13.2 Å². The molecule has 3 nitrogen and oxygen atoms in total. The van der Waals surface area contributed by atoms with Gasteiger partial charge in [0.15, 0.2) is 0 Å². The number of benzene rings is 1. The van der Waals surface area contributed by atoms with Crippen LogP contribution >= 0.6 is 11.6 Å². The quantitative estimate of drug-likeness (QED) is 0.886. The first-order valence-corrected chi connectivity index (χ1v) is 7.81. The second kappa shape index (κ2) is 7.10. The maximum absolute atomic E-state index is 9.69. The van der Waals surface area contributed by atoms with Crippen LogP contribution in [-0.4, -0.2) is 21.5 Å². The third-order valence-electron chi connectivity index (χ3n) is 3.84. The molecule has 4 heteroatoms. The predicted molar refractivity (Wildman–Crippen MR) is 86.8 cm³/mol. The zero-order valence-electron chi connectivity index (χ0n) is 12.9. The van der Waals surface area contributed by atoms with Crippen molar-refractivity contribution >= 4 is 11.6 Å². The normalized spacial score (nSPS) is 12.6. The zero-order chi connectivity index (χ0) is 15.4. The number of aryl methyl sites for hydroxylation is 3. The molecular formula is C17H23ClN2O. The van der Waals surface area contributed by atoms with Gasteiger partial charge in [0.2, 0.25) is 0 Å². The molecule has 0 radical (unpaired) electrons. The van der Waals surface area contributed by atoms with Gasteiger partial charge in [-0.3, -0.25) is 4.68 Å². The first-order chi connectivity index (χ1) is 10.0. The smallest absolute Gasteiger partial charge is 0.0847 e. The van der Waals surface area contributed by atoms with Gasteiger partial charge >= 0.3 is 0 Å². The summed E-state index contributed by atoms with van der Waals surface area (Å²) in [4.78, 5) is 0. The van der Waals surface area contributed by atoms with Crippen molar-refractivity contribution < 1.29 is 5.11 Å². The van der Waals surface area contributed by atoms with Crippen LogP contribution in [0.1, 0.15) is 29.4 Å². The van der Waals surface area contributed by atoms with Crippen LogP contribution in [0.4, 0.5) is 0 Å². The summed E-state index contributed by atoms with van der Waals surface area (Å²) in [6, 6.07) is 8.47. The van der Waals surface area contributed by atoms with E-state index in [0.717, 1.165) is 35.8 Å². The van der Waals surface area contributed by atoms with Crippen molar-refractivity contribution in [1.82, 2.24) is 9.78 Å². The van der Waals surface area contributed by atoms with Crippen LogP contribution in [-0.2, 0) is 19.4 Å². The molecule has 1 atom stereocenters. The Kier molecular flexibility index (Phi) is 5.43. The largest absolute Gasteiger partial charge is 0.396 e. The zero-order valence-corrected chi connectivity index (χ0v) is 13.7. The van der Waals surface area contributed by atoms with Crippen molar-refractivity contribution in [3.63, 3.8) is 0 Å². The van der Waals surface area contributed by atoms with Gasteiger partial charge in [0.1, 0.15) is 0 Å². The number of halogens is 1. The standard InChI is InChI=1S/C17H23ClN2O/c1-4-20-16(17(18)13(3)19-20)10-15(11-21)9-14-7-5-12(2)6-8-14/h5-8,15,21H,4,9-11H2,1-3H3. The number of aliphatic hydroxyl groups is 1. The lowest BCUT2D eigenvalue weighted by Gasteiger charge is -2.15. The van der Waals surface area contributed by atoms with Gasteiger partial charge in [-0.15, -0.1) is 0 Å². The third-order valence-corrected chi connectivity index (χ3v) is 4.33. The molecule has 2 aromatic rings. The van der Waals surface area contributed by atoms with Crippen LogP contribution in [0.3, 0.4) is 0 Å². The molecule has 1 unspecified atom stereocenters. The fourth-order valence-electron chi connectivity index (χ4n) is 2.60. The topological polar surface area (TPSA) is 38.0 Å². The second-order valence-electron chi connectivity index (χ2n) is 5.60. The molecule has 0 aliphatic rings. The highest BCUT2D eigenvalue weighted by atomic mass is 35.5. The highest BCUT2D eigenvalue weighted by molar-refractivity contribution is 6.31. The summed E-state index contributed by atoms with van der Waals surface area (Å²) in [7, 11) is 0. The van der Waals surface area contributed by atoms with Gasteiger partial charge in [0.05, 0.1) is 16.4 Å². The lowest BCUT2D eigenvalue weighted by Crippen LogP contribution is -2.16. The van der Waals surface area contributed by atoms with Crippen LogP contribution in [0.5, 0.6) is 0 Å². The molecular weight excluding hydrogens is 284 g/mol. The summed E-state index contributed by atoms with van der Waals surface area (Å²) in [5.74, 6) is 0.159. The molecule has 0 amide bonds. The van der Waals surface area contributed by atoms with Gasteiger partial charge in [-0.1, -0.05) is 41.4 Å². The maximum Gasteiger partial charge on any atom is 0.0847 e. The molecule has 2 rings (SSSR count). The predicted octanol–water partition coefficient (Wildman–Crippen LogP) is 3.57. The van der Waals surface area contributed by atoms with Crippen LogP contribution < -0.4 is 0 Å². The Balaban J connectivity index is 2.14. The molecule has 0 saturated heterocycles. The number of nitrogens with zero attached hydrogens (tertiary/aromatic N) is 2. The average Bonchev–Trinajstić information content (AvgIpc) is 2.76. The van der Waals surface area contributed by atoms with Crippen molar-refractivity contribution in [2.24, 2.45) is 5.92 Å². The Hall–Kier alpha value is -1.32. The molecule has 0 aliphatic heterocycles. The van der Waals surface area contributed by atoms with E-state index in [1.165, 1.54) is 11.1 Å². The minimum atomic E-state index is 0.151. The Morgan fingerprint density at radius 3 is 2.43 bits per heavy atom. The molecule has 114 valence electrons. The third kappa shape index (κ3) is 3.86. The van der Waals surface area contributed by atoms with Crippen molar-refractivity contribution in [3.05, 3.63) is 51.8 Å². The lowest BCUT2D eigenvalue weighted by atomic mass is 9.95. The number of rotatable bonds is 6. The highest BCUT2D eigenvalue weighted by Crippen LogP contribution is 2.24. The van der Waals surface area contributed by atoms with E-state index in [4.69, 9.17) is 11.6 Å². The minimum absolute atomic E-state index is 0.151. The Labute approximate surface area is 131 Å². The molecule has 1 aromatic carbocycles. The fraction of sp³-hybridized carbons (Fsp3) is 0.471. The van der Waals surface area contributed by atoms with Gasteiger partial charge in [-0.05, 0) is 45.1 Å². The number of hydrogen-bond acceptors (Lipinski definition) is 2. The molecule has 0 aliphatic carbocycles. The van der Waals surface area contributed by atoms with E-state index >= 15 is 0 Å². The minimum Gasteiger partial charge on any atom is -0.396 e. The molecule has 1 heterocycles. The van der Waals surface area contributed by atoms with E-state index in [2.05, 4.69) is 43.2 Å². The van der Waals surface area contributed by atoms with Crippen molar-refractivity contribution in [2.75, 3.05) is 6.61 Å². The first kappa shape index (κ1) is 16.1. The van der Waals surface area contributed by atoms with E-state index in [1.54, 1.807) is 0 Å². The van der Waals surface area contributed by atoms with Crippen molar-refractivity contribution in [1.29, 1.82) is 0 Å². The van der Waals surface area contributed by atoms with Gasteiger partial charge in [-0.2, -0.15) is 5.10 Å². The van der Waals surface area contributed by atoms with Gasteiger partial charge in [0.25, 0.3) is 0 Å². The van der Waals surface area contributed by atoms with E-state index in [-0.39, 0.29) is 12.5 Å². The first-order valence-electron chi connectivity index (χ1n) is 7.43. The van der Waals surface area contributed by atoms with Crippen molar-refractivity contribution in [3.8, 4) is 0 Å². The number of aliphatic hydroxyl groups excluding tert-OH is 1. The van der Waals surface area contributed by atoms with Gasteiger partial charge in [-0.25, -0.2) is 0 Å². The summed E-state index contributed by atoms with van der Waals surface area (Å²) in [5.41, 5.74) is 4.39. The fourth-order valence-corrected chi connectivity index (χ4v) is 2.81. The monoisotopic (exact) mass is 306 g/mol. The summed E-state index contributed by atoms with van der Waals surface area (Å²) in [6.45, 7) is 7.01.